The van der Waals surface area contributed by atoms with Crippen LogP contribution in [0.15, 0.2) is 150 Å². The van der Waals surface area contributed by atoms with Crippen LogP contribution in [-0.2, 0) is 17.6 Å². The number of hydrogen-bond acceptors (Lipinski definition) is 1. The number of allylic oxidation sites excluding steroid dienone is 4. The number of halogens is 8. The van der Waals surface area contributed by atoms with Crippen LogP contribution in [0.25, 0.3) is 39.9 Å². The molecule has 4 heterocycles. The maximum absolute atomic E-state index is 9.67. The first-order valence-corrected chi connectivity index (χ1v) is 21.3. The third-order valence-corrected chi connectivity index (χ3v) is 11.0. The molecule has 0 unspecified atom stereocenters. The molecule has 0 bridgehead atoms. The molecule has 66 heavy (non-hydrogen) atoms. The van der Waals surface area contributed by atoms with Crippen molar-refractivity contribution in [3.05, 3.63) is 206 Å². The predicted octanol–water partition coefficient (Wildman–Crippen LogP) is 7.09. The molecular weight excluding hydrogens is 856 g/mol. The zero-order chi connectivity index (χ0) is 45.8. The first kappa shape index (κ1) is 52.1. The lowest BCUT2D eigenvalue weighted by Crippen LogP contribution is -3.00. The minimum absolute atomic E-state index is 0. The van der Waals surface area contributed by atoms with Crippen molar-refractivity contribution in [3.63, 3.8) is 0 Å². The molecule has 1 aromatic heterocycles. The van der Waals surface area contributed by atoms with Gasteiger partial charge in [0, 0.05) is 41.2 Å². The van der Waals surface area contributed by atoms with E-state index in [4.69, 9.17) is 9.15 Å². The summed E-state index contributed by atoms with van der Waals surface area (Å²) in [6, 6.07) is 43.3. The minimum Gasteiger partial charge on any atom is -1.00 e. The maximum Gasteiger partial charge on any atom is 0.762 e. The molecule has 13 heteroatoms. The molecule has 0 atom stereocenters. The first-order valence-electron chi connectivity index (χ1n) is 21.3. The number of aryl methyl sites for hydroxylation is 7. The van der Waals surface area contributed by atoms with Crippen LogP contribution < -0.4 is 24.6 Å². The Labute approximate surface area is 382 Å². The lowest BCUT2D eigenvalue weighted by atomic mass is 9.95. The van der Waals surface area contributed by atoms with Gasteiger partial charge in [-0.3, -0.25) is 25.9 Å². The molecule has 0 radical (unpaired) electrons. The molecule has 6 aromatic rings. The Balaban J connectivity index is 0.000000262. The Morgan fingerprint density at radius 1 is 0.515 bits per heavy atom. The van der Waals surface area contributed by atoms with Gasteiger partial charge in [0.2, 0.25) is 5.36 Å². The molecule has 0 spiro atoms. The van der Waals surface area contributed by atoms with E-state index in [9.17, 15) is 25.9 Å². The van der Waals surface area contributed by atoms with Gasteiger partial charge in [0.25, 0.3) is 0 Å². The lowest BCUT2D eigenvalue weighted by Gasteiger charge is -2.19. The van der Waals surface area contributed by atoms with E-state index in [0.29, 0.717) is 0 Å². The summed E-state index contributed by atoms with van der Waals surface area (Å²) in [6.07, 6.45) is 13.6. The molecule has 0 saturated heterocycles. The molecule has 0 N–H and O–H groups in total. The van der Waals surface area contributed by atoms with Gasteiger partial charge in [-0.25, -0.2) is 8.99 Å². The Bertz CT molecular complexity index is 2640. The highest BCUT2D eigenvalue weighted by Crippen LogP contribution is 2.32. The molecule has 0 aliphatic carbocycles. The zero-order valence-electron chi connectivity index (χ0n) is 37.5. The average Bonchev–Trinajstić information content (AvgIpc) is 3.26. The summed E-state index contributed by atoms with van der Waals surface area (Å²) < 4.78 is 72.9. The van der Waals surface area contributed by atoms with E-state index < -0.39 is 15.1 Å². The van der Waals surface area contributed by atoms with Crippen LogP contribution in [0.1, 0.15) is 63.1 Å². The van der Waals surface area contributed by atoms with Crippen LogP contribution in [0.3, 0.4) is 0 Å². The van der Waals surface area contributed by atoms with E-state index >= 15 is 0 Å². The Kier molecular flexibility index (Phi) is 19.5. The molecule has 3 aliphatic heterocycles. The summed E-state index contributed by atoms with van der Waals surface area (Å²) >= 11 is 0. The van der Waals surface area contributed by atoms with Crippen molar-refractivity contribution in [2.75, 3.05) is 13.1 Å². The average molecular weight is 908 g/mol. The molecule has 342 valence electrons. The minimum atomic E-state index is -3.67. The fourth-order valence-corrected chi connectivity index (χ4v) is 7.89. The van der Waals surface area contributed by atoms with Crippen LogP contribution in [0.4, 0.5) is 25.9 Å². The first-order chi connectivity index (χ1) is 30.7. The molecular formula is C53H51B2F8NO2. The highest BCUT2D eigenvalue weighted by Gasteiger charge is 2.23. The molecule has 0 saturated carbocycles. The summed E-state index contributed by atoms with van der Waals surface area (Å²) in [4.78, 5) is 0. The van der Waals surface area contributed by atoms with Crippen molar-refractivity contribution in [1.29, 1.82) is 0 Å². The van der Waals surface area contributed by atoms with E-state index in [-0.39, 0.29) is 9.41 Å². The Hall–Kier alpha value is -6.49. The van der Waals surface area contributed by atoms with E-state index in [1.165, 1.54) is 105 Å². The molecule has 3 nitrogen and oxygen atoms in total. The Morgan fingerprint density at radius 3 is 1.44 bits per heavy atom. The number of nitrogens with zero attached hydrogens (tertiary/aromatic N) is 1. The van der Waals surface area contributed by atoms with Gasteiger partial charge in [-0.05, 0) is 105 Å². The molecule has 0 amide bonds. The predicted molar refractivity (Wildman–Crippen MR) is 252 cm³/mol. The van der Waals surface area contributed by atoms with Crippen LogP contribution >= 0.6 is 0 Å². The normalized spacial score (nSPS) is 13.7. The molecule has 0 fully saturated rings. The van der Waals surface area contributed by atoms with Gasteiger partial charge in [-0.2, -0.15) is 0 Å². The fourth-order valence-electron chi connectivity index (χ4n) is 7.89. The van der Waals surface area contributed by atoms with E-state index in [2.05, 4.69) is 178 Å². The topological polar surface area (TPSA) is 23.5 Å². The van der Waals surface area contributed by atoms with Crippen molar-refractivity contribution in [2.45, 2.75) is 60.3 Å². The molecule has 3 aliphatic rings. The maximum atomic E-state index is 9.67. The van der Waals surface area contributed by atoms with E-state index in [1.807, 2.05) is 6.92 Å². The van der Waals surface area contributed by atoms with Gasteiger partial charge in [-0.1, -0.05) is 113 Å². The summed E-state index contributed by atoms with van der Waals surface area (Å²) in [6.45, 7) is 12.9. The van der Waals surface area contributed by atoms with Crippen molar-refractivity contribution in [2.24, 2.45) is 0 Å². The third kappa shape index (κ3) is 15.0. The SMILES string of the molecule is Cc1ccc(-c2cc(C)[o+]c(-c3ccc(C)cc3)c2)cc1.Cc1ccc(C2=CC(=CC=c3cc4c5c(c3)CCC[N+]=5CCC4)OC(c3ccc(C)cc3)=C2)cc1.FB(F)F.FB(F)F.[F-].[F-]. The summed E-state index contributed by atoms with van der Waals surface area (Å²) in [5, 5.41) is 2.79. The van der Waals surface area contributed by atoms with Crippen LogP contribution in [0, 0.1) is 34.6 Å². The van der Waals surface area contributed by atoms with Crippen molar-refractivity contribution < 1.29 is 44.5 Å². The van der Waals surface area contributed by atoms with Gasteiger partial charge in [0.05, 0.1) is 18.6 Å². The van der Waals surface area contributed by atoms with Crippen molar-refractivity contribution >= 4 is 32.5 Å². The van der Waals surface area contributed by atoms with Crippen molar-refractivity contribution in [3.8, 4) is 22.5 Å². The summed E-state index contributed by atoms with van der Waals surface area (Å²) in [5.41, 5.74) is 15.0. The second kappa shape index (κ2) is 24.7. The second-order valence-corrected chi connectivity index (χ2v) is 16.1. The van der Waals surface area contributed by atoms with Gasteiger partial charge in [0.15, 0.2) is 0 Å². The highest BCUT2D eigenvalue weighted by atomic mass is 19.4. The molecule has 9 rings (SSSR count). The summed E-state index contributed by atoms with van der Waals surface area (Å²) in [5.74, 6) is 3.58. The van der Waals surface area contributed by atoms with Crippen LogP contribution in [-0.4, -0.2) is 28.2 Å². The molecule has 5 aromatic carbocycles. The smallest absolute Gasteiger partial charge is 0.762 e. The monoisotopic (exact) mass is 907 g/mol. The van der Waals surface area contributed by atoms with Crippen LogP contribution in [0.2, 0.25) is 0 Å². The number of benzene rings is 5. The summed E-state index contributed by atoms with van der Waals surface area (Å²) in [7, 11) is -7.33. The highest BCUT2D eigenvalue weighted by molar-refractivity contribution is 6.33. The number of rotatable bonds is 5. The van der Waals surface area contributed by atoms with E-state index in [1.54, 1.807) is 0 Å². The van der Waals surface area contributed by atoms with Gasteiger partial charge in [-0.15, -0.1) is 0 Å². The zero-order valence-corrected chi connectivity index (χ0v) is 37.5. The van der Waals surface area contributed by atoms with Gasteiger partial charge >= 0.3 is 26.6 Å². The quantitative estimate of drug-likeness (QED) is 0.0800. The standard InChI is InChI=1S/C33H32NO.C20H19O.2BF3.2FH/c1-23-7-12-26(13-8-23)30-21-31(35-32(22-30)27-14-9-24(2)10-15-27)16-11-25-19-28-5-3-17-34-18-4-6-29(20-25)33(28)34;1-14-4-8-17(9-5-14)19-12-16(3)21-20(13-19)18-10-6-15(2)7-11-18;2*2-1(3)4;;/h7-16,19-22H,3-6,17-18H2,1-2H3;4-13H,1-3H3;;;2*1H/q2*+1;;;;/p-2. The largest absolute Gasteiger partial charge is 1.00 e. The fraction of sp³-hybridized carbons (Fsp3) is 0.208. The Morgan fingerprint density at radius 2 is 0.955 bits per heavy atom. The van der Waals surface area contributed by atoms with Gasteiger partial charge in [0.1, 0.15) is 24.6 Å². The second-order valence-electron chi connectivity index (χ2n) is 16.1. The third-order valence-electron chi connectivity index (χ3n) is 11.0. The lowest BCUT2D eigenvalue weighted by molar-refractivity contribution is -0.001000. The van der Waals surface area contributed by atoms with Crippen LogP contribution in [0.5, 0.6) is 0 Å². The van der Waals surface area contributed by atoms with Gasteiger partial charge < -0.3 is 14.1 Å². The van der Waals surface area contributed by atoms with Crippen molar-refractivity contribution in [1.82, 2.24) is 4.58 Å². The number of hydrogen-bond donors (Lipinski definition) is 0. The van der Waals surface area contributed by atoms with E-state index in [0.717, 1.165) is 34.2 Å². The number of ether oxygens (including phenoxy) is 1.